The number of rotatable bonds is 9. The van der Waals surface area contributed by atoms with E-state index in [1.807, 2.05) is 24.3 Å². The smallest absolute Gasteiger partial charge is 0.254 e. The average molecular weight is 529 g/mol. The highest BCUT2D eigenvalue weighted by atomic mass is 127. The zero-order chi connectivity index (χ0) is 21.1. The molecule has 1 aromatic carbocycles. The van der Waals surface area contributed by atoms with Gasteiger partial charge in [-0.05, 0) is 30.0 Å². The minimum atomic E-state index is -0.107. The van der Waals surface area contributed by atoms with Crippen molar-refractivity contribution in [2.75, 3.05) is 33.2 Å². The predicted molar refractivity (Wildman–Crippen MR) is 132 cm³/mol. The summed E-state index contributed by atoms with van der Waals surface area (Å²) in [5.74, 6) is 1.24. The van der Waals surface area contributed by atoms with Crippen molar-refractivity contribution in [2.24, 2.45) is 10.9 Å². The molecule has 0 aliphatic carbocycles. The molecule has 7 nitrogen and oxygen atoms in total. The standard InChI is InChI=1S/C22H35N5O2.HI/c1-4-6-7-17(5-2)14-25-22(23-3)26-15-18-8-10-19(11-9-18)21(29)27-13-12-24-20(28)16-27;/h8-11,17H,4-7,12-16H2,1-3H3,(H,24,28)(H2,23,25,26);1H. The molecule has 8 heteroatoms. The highest BCUT2D eigenvalue weighted by molar-refractivity contribution is 14.0. The Morgan fingerprint density at radius 1 is 1.23 bits per heavy atom. The normalized spacial score (nSPS) is 15.1. The lowest BCUT2D eigenvalue weighted by Gasteiger charge is -2.26. The van der Waals surface area contributed by atoms with Gasteiger partial charge in [0.25, 0.3) is 5.91 Å². The van der Waals surface area contributed by atoms with Crippen LogP contribution in [0.1, 0.15) is 55.5 Å². The second-order valence-electron chi connectivity index (χ2n) is 7.50. The topological polar surface area (TPSA) is 85.8 Å². The monoisotopic (exact) mass is 529 g/mol. The van der Waals surface area contributed by atoms with E-state index in [0.29, 0.717) is 31.1 Å². The number of amides is 2. The average Bonchev–Trinajstić information content (AvgIpc) is 2.75. The number of hydrogen-bond acceptors (Lipinski definition) is 3. The van der Waals surface area contributed by atoms with E-state index < -0.39 is 0 Å². The number of guanidine groups is 1. The lowest BCUT2D eigenvalue weighted by atomic mass is 9.99. The molecule has 1 fully saturated rings. The minimum Gasteiger partial charge on any atom is -0.356 e. The van der Waals surface area contributed by atoms with Gasteiger partial charge in [-0.15, -0.1) is 24.0 Å². The lowest BCUT2D eigenvalue weighted by Crippen LogP contribution is -2.49. The Balaban J connectivity index is 0.00000450. The fraction of sp³-hybridized carbons (Fsp3) is 0.591. The first-order valence-corrected chi connectivity index (χ1v) is 10.7. The third-order valence-electron chi connectivity index (χ3n) is 5.31. The van der Waals surface area contributed by atoms with Crippen LogP contribution in [-0.4, -0.2) is 55.9 Å². The molecule has 30 heavy (non-hydrogen) atoms. The Hall–Kier alpha value is -1.84. The molecule has 0 radical (unpaired) electrons. The summed E-state index contributed by atoms with van der Waals surface area (Å²) in [5, 5.41) is 9.48. The van der Waals surface area contributed by atoms with E-state index in [0.717, 1.165) is 24.5 Å². The van der Waals surface area contributed by atoms with E-state index in [4.69, 9.17) is 0 Å². The molecule has 2 rings (SSSR count). The summed E-state index contributed by atoms with van der Waals surface area (Å²) < 4.78 is 0. The number of unbranched alkanes of at least 4 members (excludes halogenated alkanes) is 1. The third kappa shape index (κ3) is 8.49. The van der Waals surface area contributed by atoms with Crippen LogP contribution < -0.4 is 16.0 Å². The Kier molecular flexibility index (Phi) is 12.4. The molecule has 0 bridgehead atoms. The largest absolute Gasteiger partial charge is 0.356 e. The van der Waals surface area contributed by atoms with Crippen LogP contribution in [0.4, 0.5) is 0 Å². The van der Waals surface area contributed by atoms with Gasteiger partial charge < -0.3 is 20.9 Å². The first-order valence-electron chi connectivity index (χ1n) is 10.7. The van der Waals surface area contributed by atoms with E-state index in [1.54, 1.807) is 11.9 Å². The molecule has 0 saturated carbocycles. The van der Waals surface area contributed by atoms with Crippen LogP contribution in [0.2, 0.25) is 0 Å². The van der Waals surface area contributed by atoms with Gasteiger partial charge in [-0.2, -0.15) is 0 Å². The summed E-state index contributed by atoms with van der Waals surface area (Å²) in [4.78, 5) is 29.9. The van der Waals surface area contributed by atoms with Crippen molar-refractivity contribution in [3.63, 3.8) is 0 Å². The Morgan fingerprint density at radius 2 is 1.97 bits per heavy atom. The Morgan fingerprint density at radius 3 is 2.57 bits per heavy atom. The number of halogens is 1. The van der Waals surface area contributed by atoms with Gasteiger partial charge in [0.15, 0.2) is 5.96 Å². The molecule has 1 unspecified atom stereocenters. The molecule has 168 valence electrons. The lowest BCUT2D eigenvalue weighted by molar-refractivity contribution is -0.123. The molecular formula is C22H36IN5O2. The molecule has 3 N–H and O–H groups in total. The Bertz CT molecular complexity index is 693. The van der Waals surface area contributed by atoms with Gasteiger partial charge in [-0.1, -0.05) is 45.2 Å². The molecule has 0 spiro atoms. The second-order valence-corrected chi connectivity index (χ2v) is 7.50. The van der Waals surface area contributed by atoms with Crippen molar-refractivity contribution in [1.29, 1.82) is 0 Å². The maximum atomic E-state index is 12.5. The molecule has 1 atom stereocenters. The van der Waals surface area contributed by atoms with Gasteiger partial charge in [0.05, 0.1) is 6.54 Å². The zero-order valence-corrected chi connectivity index (χ0v) is 20.7. The van der Waals surface area contributed by atoms with E-state index in [1.165, 1.54) is 19.3 Å². The quantitative estimate of drug-likeness (QED) is 0.261. The zero-order valence-electron chi connectivity index (χ0n) is 18.4. The highest BCUT2D eigenvalue weighted by Crippen LogP contribution is 2.11. The second kappa shape index (κ2) is 14.2. The van der Waals surface area contributed by atoms with Crippen LogP contribution in [0.25, 0.3) is 0 Å². The predicted octanol–water partition coefficient (Wildman–Crippen LogP) is 2.76. The Labute approximate surface area is 197 Å². The number of hydrogen-bond donors (Lipinski definition) is 3. The number of carbonyl (C=O) groups excluding carboxylic acids is 2. The molecule has 1 aliphatic heterocycles. The molecule has 1 heterocycles. The maximum absolute atomic E-state index is 12.5. The number of nitrogens with one attached hydrogen (secondary N) is 3. The van der Waals surface area contributed by atoms with Crippen LogP contribution in [0, 0.1) is 5.92 Å². The van der Waals surface area contributed by atoms with E-state index in [9.17, 15) is 9.59 Å². The van der Waals surface area contributed by atoms with Crippen molar-refractivity contribution >= 4 is 41.8 Å². The fourth-order valence-corrected chi connectivity index (χ4v) is 3.35. The molecule has 2 amide bonds. The number of aliphatic imine (C=N–C) groups is 1. The van der Waals surface area contributed by atoms with Crippen LogP contribution in [0.5, 0.6) is 0 Å². The highest BCUT2D eigenvalue weighted by Gasteiger charge is 2.22. The maximum Gasteiger partial charge on any atom is 0.254 e. The van der Waals surface area contributed by atoms with Crippen molar-refractivity contribution in [2.45, 2.75) is 46.1 Å². The van der Waals surface area contributed by atoms with Gasteiger partial charge in [-0.25, -0.2) is 0 Å². The molecule has 1 aliphatic rings. The summed E-state index contributed by atoms with van der Waals surface area (Å²) in [6.45, 7) is 7.20. The van der Waals surface area contributed by atoms with Gasteiger partial charge in [-0.3, -0.25) is 14.6 Å². The minimum absolute atomic E-state index is 0. The number of benzene rings is 1. The number of carbonyl (C=O) groups is 2. The van der Waals surface area contributed by atoms with Crippen LogP contribution in [-0.2, 0) is 11.3 Å². The van der Waals surface area contributed by atoms with E-state index in [2.05, 4.69) is 34.8 Å². The summed E-state index contributed by atoms with van der Waals surface area (Å²) in [6.07, 6.45) is 4.90. The van der Waals surface area contributed by atoms with Gasteiger partial charge in [0.1, 0.15) is 0 Å². The van der Waals surface area contributed by atoms with E-state index in [-0.39, 0.29) is 42.3 Å². The van der Waals surface area contributed by atoms with Crippen molar-refractivity contribution in [3.05, 3.63) is 35.4 Å². The first kappa shape index (κ1) is 26.2. The summed E-state index contributed by atoms with van der Waals surface area (Å²) in [6, 6.07) is 7.51. The molecule has 0 aromatic heterocycles. The van der Waals surface area contributed by atoms with Gasteiger partial charge in [0, 0.05) is 38.8 Å². The van der Waals surface area contributed by atoms with Gasteiger partial charge in [0.2, 0.25) is 5.91 Å². The number of nitrogens with zero attached hydrogens (tertiary/aromatic N) is 2. The van der Waals surface area contributed by atoms with Crippen LogP contribution in [0.15, 0.2) is 29.3 Å². The molecular weight excluding hydrogens is 493 g/mol. The first-order chi connectivity index (χ1) is 14.1. The summed E-state index contributed by atoms with van der Waals surface area (Å²) in [7, 11) is 1.78. The SMILES string of the molecule is CCCCC(CC)CNC(=NC)NCc1ccc(C(=O)N2CCNC(=O)C2)cc1.I. The van der Waals surface area contributed by atoms with E-state index >= 15 is 0 Å². The molecule has 1 saturated heterocycles. The van der Waals surface area contributed by atoms with Crippen molar-refractivity contribution in [1.82, 2.24) is 20.9 Å². The molecule has 1 aromatic rings. The summed E-state index contributed by atoms with van der Waals surface area (Å²) >= 11 is 0. The van der Waals surface area contributed by atoms with Gasteiger partial charge >= 0.3 is 0 Å². The third-order valence-corrected chi connectivity index (χ3v) is 5.31. The number of piperazine rings is 1. The summed E-state index contributed by atoms with van der Waals surface area (Å²) in [5.41, 5.74) is 1.67. The van der Waals surface area contributed by atoms with Crippen LogP contribution in [0.3, 0.4) is 0 Å². The van der Waals surface area contributed by atoms with Crippen molar-refractivity contribution in [3.8, 4) is 0 Å². The van der Waals surface area contributed by atoms with Crippen molar-refractivity contribution < 1.29 is 9.59 Å². The fourth-order valence-electron chi connectivity index (χ4n) is 3.35. The van der Waals surface area contributed by atoms with Crippen LogP contribution >= 0.6 is 24.0 Å².